The number of nitrogens with one attached hydrogen (secondary N) is 2. The maximum Gasteiger partial charge on any atom is 0.222 e. The van der Waals surface area contributed by atoms with Crippen molar-refractivity contribution in [3.05, 3.63) is 0 Å². The molecule has 0 rings (SSSR count). The quantitative estimate of drug-likeness (QED) is 0.354. The maximum absolute atomic E-state index is 11.4. The molecule has 0 saturated carbocycles. The number of carbonyl (C=O) groups is 1. The number of hydrogen-bond donors (Lipinski definition) is 2. The molecule has 0 spiro atoms. The van der Waals surface area contributed by atoms with Gasteiger partial charge in [0.1, 0.15) is 0 Å². The summed E-state index contributed by atoms with van der Waals surface area (Å²) < 4.78 is 22.0. The number of hydrogen-bond acceptors (Lipinski definition) is 6. The second-order valence-electron chi connectivity index (χ2n) is 6.86. The van der Waals surface area contributed by atoms with E-state index in [0.29, 0.717) is 58.8 Å². The number of amides is 1. The highest BCUT2D eigenvalue weighted by atomic mass is 16.6. The highest BCUT2D eigenvalue weighted by Gasteiger charge is 2.07. The van der Waals surface area contributed by atoms with Crippen molar-refractivity contribution in [2.24, 2.45) is 5.92 Å². The van der Waals surface area contributed by atoms with E-state index in [2.05, 4.69) is 24.5 Å². The summed E-state index contributed by atoms with van der Waals surface area (Å²) in [5, 5.41) is 6.17. The second kappa shape index (κ2) is 17.7. The Balaban J connectivity index is 3.22. The molecule has 0 aromatic rings. The summed E-state index contributed by atoms with van der Waals surface area (Å²) in [4.78, 5) is 11.4. The summed E-state index contributed by atoms with van der Waals surface area (Å²) in [6.07, 6.45) is 0.901. The average molecular weight is 377 g/mol. The Kier molecular flexibility index (Phi) is 17.2. The molecule has 26 heavy (non-hydrogen) atoms. The summed E-state index contributed by atoms with van der Waals surface area (Å²) in [5.74, 6) is 0.105. The minimum absolute atomic E-state index is 0.0234. The topological polar surface area (TPSA) is 78.1 Å². The first-order valence-electron chi connectivity index (χ1n) is 9.79. The maximum atomic E-state index is 11.4. The van der Waals surface area contributed by atoms with Crippen LogP contribution in [0.1, 0.15) is 41.0 Å². The fraction of sp³-hybridized carbons (Fsp3) is 0.947. The Bertz CT molecular complexity index is 327. The predicted molar refractivity (Wildman–Crippen MR) is 103 cm³/mol. The first-order valence-corrected chi connectivity index (χ1v) is 9.79. The van der Waals surface area contributed by atoms with Gasteiger partial charge in [-0.25, -0.2) is 0 Å². The highest BCUT2D eigenvalue weighted by molar-refractivity contribution is 5.77. The van der Waals surface area contributed by atoms with E-state index in [0.717, 1.165) is 13.0 Å². The summed E-state index contributed by atoms with van der Waals surface area (Å²) in [6, 6.07) is 0.490. The smallest absolute Gasteiger partial charge is 0.222 e. The van der Waals surface area contributed by atoms with Gasteiger partial charge in [-0.1, -0.05) is 27.7 Å². The number of ether oxygens (including phenoxy) is 4. The highest BCUT2D eigenvalue weighted by Crippen LogP contribution is 1.97. The third kappa shape index (κ3) is 18.1. The number of rotatable bonds is 18. The van der Waals surface area contributed by atoms with Crippen LogP contribution >= 0.6 is 0 Å². The summed E-state index contributed by atoms with van der Waals surface area (Å²) in [7, 11) is 0. The lowest BCUT2D eigenvalue weighted by Crippen LogP contribution is -2.30. The van der Waals surface area contributed by atoms with Gasteiger partial charge in [-0.2, -0.15) is 0 Å². The molecule has 0 aromatic carbocycles. The molecule has 156 valence electrons. The molecule has 7 heteroatoms. The normalized spacial score (nSPS) is 12.7. The van der Waals surface area contributed by atoms with Crippen LogP contribution in [0.3, 0.4) is 0 Å². The molecule has 0 saturated heterocycles. The lowest BCUT2D eigenvalue weighted by Gasteiger charge is -2.14. The summed E-state index contributed by atoms with van der Waals surface area (Å²) >= 11 is 0. The zero-order valence-corrected chi connectivity index (χ0v) is 17.3. The van der Waals surface area contributed by atoms with Gasteiger partial charge in [0, 0.05) is 25.0 Å². The lowest BCUT2D eigenvalue weighted by molar-refractivity contribution is -0.124. The van der Waals surface area contributed by atoms with Gasteiger partial charge in [-0.15, -0.1) is 0 Å². The Labute approximate surface area is 159 Å². The van der Waals surface area contributed by atoms with Crippen molar-refractivity contribution < 1.29 is 23.7 Å². The molecule has 0 radical (unpaired) electrons. The molecular weight excluding hydrogens is 336 g/mol. The lowest BCUT2D eigenvalue weighted by atomic mass is 10.2. The van der Waals surface area contributed by atoms with E-state index in [4.69, 9.17) is 18.9 Å². The van der Waals surface area contributed by atoms with E-state index in [1.54, 1.807) is 0 Å². The van der Waals surface area contributed by atoms with Gasteiger partial charge in [-0.3, -0.25) is 4.79 Å². The van der Waals surface area contributed by atoms with Crippen LogP contribution in [0.2, 0.25) is 0 Å². The van der Waals surface area contributed by atoms with E-state index >= 15 is 0 Å². The fourth-order valence-electron chi connectivity index (χ4n) is 1.96. The fourth-order valence-corrected chi connectivity index (χ4v) is 1.96. The van der Waals surface area contributed by atoms with Gasteiger partial charge in [0.25, 0.3) is 0 Å². The molecule has 0 aliphatic heterocycles. The van der Waals surface area contributed by atoms with Crippen LogP contribution < -0.4 is 10.6 Å². The van der Waals surface area contributed by atoms with Gasteiger partial charge >= 0.3 is 0 Å². The van der Waals surface area contributed by atoms with Crippen molar-refractivity contribution in [3.63, 3.8) is 0 Å². The largest absolute Gasteiger partial charge is 0.378 e. The van der Waals surface area contributed by atoms with Gasteiger partial charge in [-0.05, 0) is 13.3 Å². The van der Waals surface area contributed by atoms with Crippen molar-refractivity contribution in [1.82, 2.24) is 10.6 Å². The Morgan fingerprint density at radius 3 is 1.85 bits per heavy atom. The van der Waals surface area contributed by atoms with Crippen molar-refractivity contribution in [2.75, 3.05) is 59.3 Å². The van der Waals surface area contributed by atoms with E-state index in [1.165, 1.54) is 0 Å². The minimum atomic E-state index is 0.0234. The molecule has 1 amide bonds. The van der Waals surface area contributed by atoms with Crippen LogP contribution in [0, 0.1) is 5.92 Å². The SMILES string of the molecule is CC(C)NCCOCCOCCOCCOC(C)CCNC(=O)C(C)C. The molecule has 0 heterocycles. The molecular formula is C19H40N2O5. The zero-order valence-electron chi connectivity index (χ0n) is 17.3. The van der Waals surface area contributed by atoms with Crippen molar-refractivity contribution in [2.45, 2.75) is 53.2 Å². The third-order valence-corrected chi connectivity index (χ3v) is 3.55. The van der Waals surface area contributed by atoms with Crippen LogP contribution in [0.15, 0.2) is 0 Å². The monoisotopic (exact) mass is 376 g/mol. The zero-order chi connectivity index (χ0) is 19.6. The van der Waals surface area contributed by atoms with Crippen LogP contribution in [0.5, 0.6) is 0 Å². The van der Waals surface area contributed by atoms with E-state index in [9.17, 15) is 4.79 Å². The Morgan fingerprint density at radius 2 is 1.31 bits per heavy atom. The molecule has 0 aliphatic carbocycles. The summed E-state index contributed by atoms with van der Waals surface area (Å²) in [6.45, 7) is 15.6. The van der Waals surface area contributed by atoms with Gasteiger partial charge in [0.2, 0.25) is 5.91 Å². The van der Waals surface area contributed by atoms with Crippen molar-refractivity contribution in [3.8, 4) is 0 Å². The van der Waals surface area contributed by atoms with Gasteiger partial charge in [0.15, 0.2) is 0 Å². The van der Waals surface area contributed by atoms with Crippen molar-refractivity contribution in [1.29, 1.82) is 0 Å². The Morgan fingerprint density at radius 1 is 0.769 bits per heavy atom. The van der Waals surface area contributed by atoms with Crippen molar-refractivity contribution >= 4 is 5.91 Å². The van der Waals surface area contributed by atoms with E-state index in [-0.39, 0.29) is 17.9 Å². The minimum Gasteiger partial charge on any atom is -0.378 e. The average Bonchev–Trinajstić information content (AvgIpc) is 2.58. The molecule has 0 aromatic heterocycles. The Hall–Kier alpha value is -0.730. The van der Waals surface area contributed by atoms with E-state index in [1.807, 2.05) is 20.8 Å². The van der Waals surface area contributed by atoms with Crippen LogP contribution in [0.25, 0.3) is 0 Å². The molecule has 7 nitrogen and oxygen atoms in total. The van der Waals surface area contributed by atoms with E-state index < -0.39 is 0 Å². The molecule has 0 fully saturated rings. The number of carbonyl (C=O) groups excluding carboxylic acids is 1. The molecule has 1 atom stereocenters. The first-order chi connectivity index (χ1) is 12.4. The summed E-state index contributed by atoms with van der Waals surface area (Å²) in [5.41, 5.74) is 0. The standard InChI is InChI=1S/C19H40N2O5/c1-16(2)19(22)21-7-6-18(5)26-15-14-25-13-12-24-11-10-23-9-8-20-17(3)4/h16-18,20H,6-15H2,1-5H3,(H,21,22). The molecule has 0 bridgehead atoms. The van der Waals surface area contributed by atoms with Crippen LogP contribution in [-0.4, -0.2) is 77.4 Å². The first kappa shape index (κ1) is 25.3. The third-order valence-electron chi connectivity index (χ3n) is 3.55. The van der Waals surface area contributed by atoms with Gasteiger partial charge in [0.05, 0.1) is 52.4 Å². The predicted octanol–water partition coefficient (Wildman–Crippen LogP) is 1.60. The second-order valence-corrected chi connectivity index (χ2v) is 6.86. The molecule has 1 unspecified atom stereocenters. The van der Waals surface area contributed by atoms with Gasteiger partial charge < -0.3 is 29.6 Å². The molecule has 2 N–H and O–H groups in total. The molecule has 0 aliphatic rings. The van der Waals surface area contributed by atoms with Crippen LogP contribution in [-0.2, 0) is 23.7 Å². The van der Waals surface area contributed by atoms with Crippen LogP contribution in [0.4, 0.5) is 0 Å².